The molecule has 0 fully saturated rings. The second-order valence-corrected chi connectivity index (χ2v) is 4.96. The molecule has 3 nitrogen and oxygen atoms in total. The van der Waals surface area contributed by atoms with Crippen LogP contribution in [-0.4, -0.2) is 13.1 Å². The van der Waals surface area contributed by atoms with Gasteiger partial charge in [-0.25, -0.2) is 4.79 Å². The Bertz CT molecular complexity index is 347. The fraction of sp³-hybridized carbons (Fsp3) is 0.583. The van der Waals surface area contributed by atoms with Crippen molar-refractivity contribution in [1.82, 2.24) is 0 Å². The Hall–Kier alpha value is -1.03. The summed E-state index contributed by atoms with van der Waals surface area (Å²) >= 11 is 1.49. The van der Waals surface area contributed by atoms with Crippen LogP contribution < -0.4 is 5.73 Å². The molecule has 0 saturated carbocycles. The van der Waals surface area contributed by atoms with E-state index in [1.807, 2.05) is 6.07 Å². The highest BCUT2D eigenvalue weighted by Crippen LogP contribution is 2.27. The van der Waals surface area contributed by atoms with Gasteiger partial charge in [-0.05, 0) is 18.9 Å². The maximum absolute atomic E-state index is 11.3. The SMILES string of the molecule is CCCCCCc1cc(C(=O)OC)c(N)s1. The van der Waals surface area contributed by atoms with E-state index in [1.54, 1.807) is 0 Å². The number of unbranched alkanes of at least 4 members (excludes halogenated alkanes) is 3. The third-order valence-corrected chi connectivity index (χ3v) is 3.52. The summed E-state index contributed by atoms with van der Waals surface area (Å²) in [5, 5.41) is 0.567. The van der Waals surface area contributed by atoms with E-state index < -0.39 is 0 Å². The van der Waals surface area contributed by atoms with Crippen molar-refractivity contribution in [3.63, 3.8) is 0 Å². The summed E-state index contributed by atoms with van der Waals surface area (Å²) in [5.41, 5.74) is 6.28. The van der Waals surface area contributed by atoms with Gasteiger partial charge in [-0.3, -0.25) is 0 Å². The Morgan fingerprint density at radius 3 is 2.81 bits per heavy atom. The number of methoxy groups -OCH3 is 1. The minimum Gasteiger partial charge on any atom is -0.465 e. The average molecular weight is 241 g/mol. The smallest absolute Gasteiger partial charge is 0.340 e. The fourth-order valence-corrected chi connectivity index (χ4v) is 2.53. The van der Waals surface area contributed by atoms with E-state index in [-0.39, 0.29) is 5.97 Å². The third-order valence-electron chi connectivity index (χ3n) is 2.49. The monoisotopic (exact) mass is 241 g/mol. The zero-order chi connectivity index (χ0) is 12.0. The number of hydrogen-bond acceptors (Lipinski definition) is 4. The van der Waals surface area contributed by atoms with Gasteiger partial charge in [0.05, 0.1) is 12.7 Å². The molecule has 0 amide bonds. The molecule has 4 heteroatoms. The maximum atomic E-state index is 11.3. The Morgan fingerprint density at radius 2 is 2.19 bits per heavy atom. The summed E-state index contributed by atoms with van der Waals surface area (Å²) in [4.78, 5) is 12.5. The first kappa shape index (κ1) is 13.0. The second-order valence-electron chi connectivity index (χ2n) is 3.79. The highest BCUT2D eigenvalue weighted by Gasteiger charge is 2.13. The van der Waals surface area contributed by atoms with Crippen LogP contribution in [0.5, 0.6) is 0 Å². The maximum Gasteiger partial charge on any atom is 0.340 e. The first-order valence-corrected chi connectivity index (χ1v) is 6.47. The first-order valence-electron chi connectivity index (χ1n) is 5.65. The molecule has 1 rings (SSSR count). The lowest BCUT2D eigenvalue weighted by Crippen LogP contribution is -2.01. The molecule has 0 radical (unpaired) electrons. The lowest BCUT2D eigenvalue weighted by molar-refractivity contribution is 0.0602. The molecule has 0 aliphatic heterocycles. The summed E-state index contributed by atoms with van der Waals surface area (Å²) in [5.74, 6) is -0.339. The number of anilines is 1. The number of hydrogen-bond donors (Lipinski definition) is 1. The molecule has 0 spiro atoms. The number of nitrogen functional groups attached to an aromatic ring is 1. The number of aryl methyl sites for hydroxylation is 1. The molecule has 2 N–H and O–H groups in total. The quantitative estimate of drug-likeness (QED) is 0.614. The van der Waals surface area contributed by atoms with E-state index in [2.05, 4.69) is 11.7 Å². The van der Waals surface area contributed by atoms with Crippen LogP contribution in [0.1, 0.15) is 47.8 Å². The van der Waals surface area contributed by atoms with Crippen molar-refractivity contribution in [2.45, 2.75) is 39.0 Å². The molecule has 0 atom stereocenters. The predicted octanol–water partition coefficient (Wildman–Crippen LogP) is 3.24. The van der Waals surface area contributed by atoms with Gasteiger partial charge in [-0.15, -0.1) is 11.3 Å². The van der Waals surface area contributed by atoms with Gasteiger partial charge < -0.3 is 10.5 Å². The molecule has 0 saturated heterocycles. The number of rotatable bonds is 6. The van der Waals surface area contributed by atoms with Crippen LogP contribution in [-0.2, 0) is 11.2 Å². The molecular weight excluding hydrogens is 222 g/mol. The predicted molar refractivity (Wildman–Crippen MR) is 67.9 cm³/mol. The molecule has 1 heterocycles. The van der Waals surface area contributed by atoms with Gasteiger partial charge in [0, 0.05) is 4.88 Å². The summed E-state index contributed by atoms with van der Waals surface area (Å²) in [7, 11) is 1.38. The Morgan fingerprint density at radius 1 is 1.44 bits per heavy atom. The van der Waals surface area contributed by atoms with Crippen LogP contribution in [0.3, 0.4) is 0 Å². The first-order chi connectivity index (χ1) is 7.69. The van der Waals surface area contributed by atoms with E-state index in [0.29, 0.717) is 10.6 Å². The number of thiophene rings is 1. The van der Waals surface area contributed by atoms with E-state index in [4.69, 9.17) is 5.73 Å². The molecule has 90 valence electrons. The molecule has 1 aromatic rings. The van der Waals surface area contributed by atoms with Crippen molar-refractivity contribution in [2.75, 3.05) is 12.8 Å². The van der Waals surface area contributed by atoms with Gasteiger partial charge in [0.2, 0.25) is 0 Å². The zero-order valence-electron chi connectivity index (χ0n) is 9.91. The normalized spacial score (nSPS) is 10.4. The standard InChI is InChI=1S/C12H19NO2S/c1-3-4-5-6-7-9-8-10(11(13)16-9)12(14)15-2/h8H,3-7,13H2,1-2H3. The molecule has 16 heavy (non-hydrogen) atoms. The van der Waals surface area contributed by atoms with Crippen LogP contribution in [0.25, 0.3) is 0 Å². The molecular formula is C12H19NO2S. The van der Waals surface area contributed by atoms with Gasteiger partial charge >= 0.3 is 5.97 Å². The van der Waals surface area contributed by atoms with Crippen LogP contribution in [0.15, 0.2) is 6.07 Å². The van der Waals surface area contributed by atoms with E-state index in [1.165, 1.54) is 42.6 Å². The lowest BCUT2D eigenvalue weighted by atomic mass is 10.1. The van der Waals surface area contributed by atoms with Crippen molar-refractivity contribution in [3.05, 3.63) is 16.5 Å². The second kappa shape index (κ2) is 6.53. The summed E-state index contributed by atoms with van der Waals surface area (Å²) in [6.07, 6.45) is 5.91. The van der Waals surface area contributed by atoms with E-state index in [0.717, 1.165) is 12.8 Å². The van der Waals surface area contributed by atoms with Gasteiger partial charge in [0.1, 0.15) is 5.00 Å². The molecule has 0 aliphatic rings. The molecule has 0 aliphatic carbocycles. The topological polar surface area (TPSA) is 52.3 Å². The van der Waals surface area contributed by atoms with Crippen molar-refractivity contribution >= 4 is 22.3 Å². The fourth-order valence-electron chi connectivity index (χ4n) is 1.58. The largest absolute Gasteiger partial charge is 0.465 e. The highest BCUT2D eigenvalue weighted by molar-refractivity contribution is 7.16. The zero-order valence-corrected chi connectivity index (χ0v) is 10.7. The summed E-state index contributed by atoms with van der Waals surface area (Å²) in [6, 6.07) is 1.86. The van der Waals surface area contributed by atoms with Gasteiger partial charge in [0.15, 0.2) is 0 Å². The Kier molecular flexibility index (Phi) is 5.32. The van der Waals surface area contributed by atoms with Gasteiger partial charge in [-0.1, -0.05) is 26.2 Å². The molecule has 1 aromatic heterocycles. The van der Waals surface area contributed by atoms with Crippen molar-refractivity contribution in [1.29, 1.82) is 0 Å². The number of carbonyl (C=O) groups excluding carboxylic acids is 1. The van der Waals surface area contributed by atoms with E-state index in [9.17, 15) is 4.79 Å². The van der Waals surface area contributed by atoms with Crippen molar-refractivity contribution in [2.24, 2.45) is 0 Å². The Labute approximate surface area is 101 Å². The minimum absolute atomic E-state index is 0.339. The number of esters is 1. The minimum atomic E-state index is -0.339. The number of nitrogens with two attached hydrogens (primary N) is 1. The number of ether oxygens (including phenoxy) is 1. The highest BCUT2D eigenvalue weighted by atomic mass is 32.1. The van der Waals surface area contributed by atoms with Crippen molar-refractivity contribution in [3.8, 4) is 0 Å². The lowest BCUT2D eigenvalue weighted by Gasteiger charge is -1.96. The van der Waals surface area contributed by atoms with Crippen molar-refractivity contribution < 1.29 is 9.53 Å². The Balaban J connectivity index is 2.52. The van der Waals surface area contributed by atoms with Crippen LogP contribution in [0.4, 0.5) is 5.00 Å². The van der Waals surface area contributed by atoms with Crippen LogP contribution in [0.2, 0.25) is 0 Å². The third kappa shape index (κ3) is 3.52. The summed E-state index contributed by atoms with van der Waals surface area (Å²) in [6.45, 7) is 2.19. The van der Waals surface area contributed by atoms with E-state index >= 15 is 0 Å². The van der Waals surface area contributed by atoms with Gasteiger partial charge in [0.25, 0.3) is 0 Å². The molecule has 0 unspecified atom stereocenters. The van der Waals surface area contributed by atoms with Crippen LogP contribution >= 0.6 is 11.3 Å². The molecule has 0 aromatic carbocycles. The van der Waals surface area contributed by atoms with Gasteiger partial charge in [-0.2, -0.15) is 0 Å². The molecule has 0 bridgehead atoms. The van der Waals surface area contributed by atoms with Crippen LogP contribution in [0, 0.1) is 0 Å². The number of carbonyl (C=O) groups is 1. The average Bonchev–Trinajstić information content (AvgIpc) is 2.65. The summed E-state index contributed by atoms with van der Waals surface area (Å²) < 4.78 is 4.66.